The van der Waals surface area contributed by atoms with Crippen molar-refractivity contribution in [3.05, 3.63) is 57.6 Å². The molecule has 37 heteroatoms. The minimum atomic E-state index is -3.68. The fourth-order valence-electron chi connectivity index (χ4n) is 8.99. The SMILES string of the molecule is CC(=O)NCCOCCOCC(=O)OCCN(CCOC(C)=O)CC(=O)NCCCCCCOP(C)(=O)[O-].CCCOCC(=O)NCC(=O)Oc1c(C)cc(COC(=O)NCCCCCCOP(C)(=O)[O-])cc1C.CCCOCC(=O)Oc1c(C)cc(COC(=O)NCCCCCCOP(C)(=O)[O-])cc1C. The summed E-state index contributed by atoms with van der Waals surface area (Å²) in [5.41, 5.74) is 4.47. The number of esters is 4. The summed E-state index contributed by atoms with van der Waals surface area (Å²) in [6.07, 6.45) is 9.60. The van der Waals surface area contributed by atoms with E-state index in [0.29, 0.717) is 87.9 Å². The van der Waals surface area contributed by atoms with Crippen LogP contribution in [0.1, 0.15) is 151 Å². The molecule has 3 atom stereocenters. The highest BCUT2D eigenvalue weighted by molar-refractivity contribution is 7.50. The fraction of sp³-hybridized carbons (Fsp3) is 0.696. The Kier molecular flexibility index (Phi) is 56.7. The molecular formula is C69H116N6O28P3-3. The van der Waals surface area contributed by atoms with Crippen molar-refractivity contribution in [2.24, 2.45) is 0 Å². The van der Waals surface area contributed by atoms with Crippen LogP contribution in [0.4, 0.5) is 9.59 Å². The Hall–Kier alpha value is -6.48. The molecule has 0 spiro atoms. The molecule has 0 fully saturated rings. The van der Waals surface area contributed by atoms with E-state index < -0.39 is 58.9 Å². The van der Waals surface area contributed by atoms with Gasteiger partial charge >= 0.3 is 36.1 Å². The first kappa shape index (κ1) is 99.5. The van der Waals surface area contributed by atoms with Crippen molar-refractivity contribution in [2.75, 3.05) is 158 Å². The molecule has 2 aromatic carbocycles. The first-order chi connectivity index (χ1) is 50.1. The molecule has 0 aliphatic rings. The average Bonchev–Trinajstić information content (AvgIpc) is 0.844. The number of alkyl carbamates (subject to hydrolysis) is 2. The van der Waals surface area contributed by atoms with Gasteiger partial charge in [0.1, 0.15) is 87.1 Å². The molecule has 0 aliphatic heterocycles. The maximum atomic E-state index is 12.3. The number of carbonyl (C=O) groups is 9. The van der Waals surface area contributed by atoms with Crippen LogP contribution in [0, 0.1) is 27.7 Å². The normalized spacial score (nSPS) is 12.6. The molecule has 2 rings (SSSR count). The largest absolute Gasteiger partial charge is 0.779 e. The molecule has 0 heterocycles. The average molecular weight is 1570 g/mol. The lowest BCUT2D eigenvalue weighted by molar-refractivity contribution is -0.197. The Bertz CT molecular complexity index is 2990. The van der Waals surface area contributed by atoms with Crippen molar-refractivity contribution >= 4 is 76.6 Å². The van der Waals surface area contributed by atoms with Gasteiger partial charge in [-0.05, 0) is 137 Å². The number of ether oxygens (including phenoxy) is 10. The number of amides is 5. The van der Waals surface area contributed by atoms with Crippen LogP contribution in [0.25, 0.3) is 0 Å². The standard InChI is InChI=1S/C24H39N2O9P.C23H44N3O11P.C22H36NO8P/c1-5-11-32-17-21(27)26-15-22(28)35-23-18(2)13-20(14-19(23)3)16-33-24(29)25-10-8-6-7-9-12-34-36(4,30)31;1-20(27)24-9-13-33-16-17-34-19-23(30)36-15-11-26(10-14-35-21(2)28)18-22(29)25-8-6-4-5-7-12-37-38(3,31)32;1-5-11-28-16-20(24)31-21-17(2)13-19(14-18(21)3)15-29-22(25)23-10-8-6-7-9-12-30-32(4,26)27/h13-14H,5-12,15-17H2,1-4H3,(H,25,29)(H,26,27)(H,30,31);4-19H2,1-3H3,(H,24,27)(H,25,29)(H,31,32);13-14H,5-12,15-16H2,1-4H3,(H,23,25)(H,26,27)/p-3. The van der Waals surface area contributed by atoms with Gasteiger partial charge in [-0.2, -0.15) is 0 Å². The van der Waals surface area contributed by atoms with Gasteiger partial charge in [0, 0.05) is 86.3 Å². The third-order valence-electron chi connectivity index (χ3n) is 13.8. The molecule has 0 saturated heterocycles. The molecule has 34 nitrogen and oxygen atoms in total. The molecule has 2 aromatic rings. The van der Waals surface area contributed by atoms with Crippen molar-refractivity contribution in [1.29, 1.82) is 0 Å². The van der Waals surface area contributed by atoms with E-state index in [1.165, 1.54) is 13.8 Å². The fourth-order valence-corrected chi connectivity index (χ4v) is 10.4. The predicted octanol–water partition coefficient (Wildman–Crippen LogP) is 5.80. The molecule has 608 valence electrons. The topological polar surface area (TPSA) is 457 Å². The zero-order valence-electron chi connectivity index (χ0n) is 63.7. The third kappa shape index (κ3) is 61.5. The Morgan fingerprint density at radius 1 is 0.406 bits per heavy atom. The first-order valence-corrected chi connectivity index (χ1v) is 41.4. The highest BCUT2D eigenvalue weighted by Crippen LogP contribution is 2.33. The van der Waals surface area contributed by atoms with E-state index in [0.717, 1.165) is 113 Å². The van der Waals surface area contributed by atoms with Crippen LogP contribution in [0.5, 0.6) is 11.5 Å². The summed E-state index contributed by atoms with van der Waals surface area (Å²) in [5.74, 6) is -1.90. The van der Waals surface area contributed by atoms with Crippen LogP contribution < -0.4 is 50.7 Å². The maximum Gasteiger partial charge on any atom is 0.407 e. The highest BCUT2D eigenvalue weighted by atomic mass is 31.2. The zero-order chi connectivity index (χ0) is 79.6. The van der Waals surface area contributed by atoms with Gasteiger partial charge in [0.2, 0.25) is 17.7 Å². The maximum absolute atomic E-state index is 12.3. The molecule has 3 unspecified atom stereocenters. The number of unbranched alkanes of at least 4 members (excludes halogenated alkanes) is 9. The summed E-state index contributed by atoms with van der Waals surface area (Å²) < 4.78 is 98.9. The van der Waals surface area contributed by atoms with Crippen molar-refractivity contribution in [3.63, 3.8) is 0 Å². The Labute approximate surface area is 624 Å². The summed E-state index contributed by atoms with van der Waals surface area (Å²) >= 11 is 0. The zero-order valence-corrected chi connectivity index (χ0v) is 66.4. The van der Waals surface area contributed by atoms with Crippen LogP contribution in [0.3, 0.4) is 0 Å². The van der Waals surface area contributed by atoms with E-state index in [-0.39, 0.29) is 123 Å². The van der Waals surface area contributed by atoms with E-state index in [1.54, 1.807) is 30.9 Å². The number of rotatable bonds is 56. The Morgan fingerprint density at radius 2 is 0.802 bits per heavy atom. The van der Waals surface area contributed by atoms with Crippen molar-refractivity contribution in [2.45, 2.75) is 158 Å². The summed E-state index contributed by atoms with van der Waals surface area (Å²) in [4.78, 5) is 140. The number of nitrogens with zero attached hydrogens (tertiary/aromatic N) is 1. The van der Waals surface area contributed by atoms with Gasteiger partial charge in [0.05, 0.1) is 46.2 Å². The Balaban J connectivity index is 0.00000157. The van der Waals surface area contributed by atoms with Crippen LogP contribution in [0.2, 0.25) is 0 Å². The van der Waals surface area contributed by atoms with Gasteiger partial charge < -0.3 is 116 Å². The number of carbonyl (C=O) groups excluding carboxylic acids is 9. The number of aryl methyl sites for hydroxylation is 4. The lowest BCUT2D eigenvalue weighted by Gasteiger charge is -2.21. The minimum Gasteiger partial charge on any atom is -0.779 e. The van der Waals surface area contributed by atoms with Gasteiger partial charge in [-0.15, -0.1) is 0 Å². The summed E-state index contributed by atoms with van der Waals surface area (Å²) in [6, 6.07) is 7.16. The van der Waals surface area contributed by atoms with E-state index >= 15 is 0 Å². The second kappa shape index (κ2) is 60.4. The third-order valence-corrected chi connectivity index (χ3v) is 15.8. The lowest BCUT2D eigenvalue weighted by Crippen LogP contribution is -2.41. The lowest BCUT2D eigenvalue weighted by atomic mass is 10.1. The molecule has 0 radical (unpaired) electrons. The molecule has 5 N–H and O–H groups in total. The molecule has 0 bridgehead atoms. The number of hydrogen-bond donors (Lipinski definition) is 5. The van der Waals surface area contributed by atoms with Crippen LogP contribution in [-0.4, -0.2) is 217 Å². The smallest absolute Gasteiger partial charge is 0.407 e. The van der Waals surface area contributed by atoms with Gasteiger partial charge in [0.15, 0.2) is 0 Å². The van der Waals surface area contributed by atoms with Gasteiger partial charge in [0.25, 0.3) is 0 Å². The quantitative estimate of drug-likeness (QED) is 0.0172. The van der Waals surface area contributed by atoms with E-state index in [1.807, 2.05) is 39.8 Å². The van der Waals surface area contributed by atoms with Crippen LogP contribution in [0.15, 0.2) is 24.3 Å². The second-order valence-electron chi connectivity index (χ2n) is 24.3. The van der Waals surface area contributed by atoms with Crippen LogP contribution in [-0.2, 0) is 112 Å². The minimum absolute atomic E-state index is 0.0267. The molecule has 0 aliphatic carbocycles. The monoisotopic (exact) mass is 1570 g/mol. The highest BCUT2D eigenvalue weighted by Gasteiger charge is 2.18. The van der Waals surface area contributed by atoms with Crippen molar-refractivity contribution in [1.82, 2.24) is 31.5 Å². The van der Waals surface area contributed by atoms with E-state index in [4.69, 9.17) is 60.9 Å². The molecular weight excluding hydrogens is 1450 g/mol. The molecule has 0 saturated carbocycles. The Morgan fingerprint density at radius 3 is 1.24 bits per heavy atom. The van der Waals surface area contributed by atoms with Gasteiger partial charge in [-0.3, -0.25) is 24.1 Å². The number of nitrogens with one attached hydrogen (secondary N) is 5. The predicted molar refractivity (Wildman–Crippen MR) is 386 cm³/mol. The molecule has 106 heavy (non-hydrogen) atoms. The summed E-state index contributed by atoms with van der Waals surface area (Å²) in [6.45, 7) is 21.2. The first-order valence-electron chi connectivity index (χ1n) is 35.4. The number of hydrogen-bond acceptors (Lipinski definition) is 29. The van der Waals surface area contributed by atoms with Crippen molar-refractivity contribution in [3.8, 4) is 11.5 Å². The van der Waals surface area contributed by atoms with Gasteiger partial charge in [-0.1, -0.05) is 52.4 Å². The number of benzene rings is 2. The molecule has 0 aromatic heterocycles. The molecule has 5 amide bonds. The van der Waals surface area contributed by atoms with Crippen molar-refractivity contribution < 1.29 is 132 Å². The second-order valence-corrected chi connectivity index (χ2v) is 29.7. The van der Waals surface area contributed by atoms with Gasteiger partial charge in [-0.25, -0.2) is 24.0 Å². The van der Waals surface area contributed by atoms with E-state index in [2.05, 4.69) is 26.6 Å². The summed E-state index contributed by atoms with van der Waals surface area (Å²) in [5, 5.41) is 13.2. The summed E-state index contributed by atoms with van der Waals surface area (Å²) in [7, 11) is -11.0. The van der Waals surface area contributed by atoms with Crippen LogP contribution >= 0.6 is 22.8 Å². The van der Waals surface area contributed by atoms with E-state index in [9.17, 15) is 71.5 Å².